The molecule has 0 heterocycles. The third kappa shape index (κ3) is 4.76. The van der Waals surface area contributed by atoms with E-state index in [9.17, 15) is 23.3 Å². The molecule has 30 heavy (non-hydrogen) atoms. The lowest BCUT2D eigenvalue weighted by molar-refractivity contribution is -0.384. The van der Waals surface area contributed by atoms with Gasteiger partial charge in [-0.2, -0.15) is 0 Å². The van der Waals surface area contributed by atoms with Gasteiger partial charge in [0.2, 0.25) is 5.91 Å². The van der Waals surface area contributed by atoms with E-state index in [1.165, 1.54) is 12.1 Å². The summed E-state index contributed by atoms with van der Waals surface area (Å²) < 4.78 is 27.5. The predicted octanol–water partition coefficient (Wildman–Crippen LogP) is 4.08. The van der Waals surface area contributed by atoms with E-state index in [0.29, 0.717) is 5.69 Å². The summed E-state index contributed by atoms with van der Waals surface area (Å²) in [6.45, 7) is -0.530. The number of nitro benzene ring substituents is 1. The van der Waals surface area contributed by atoms with Crippen LogP contribution >= 0.6 is 11.6 Å². The molecule has 1 amide bonds. The normalized spacial score (nSPS) is 11.0. The monoisotopic (exact) mass is 445 g/mol. The van der Waals surface area contributed by atoms with Crippen molar-refractivity contribution in [1.82, 2.24) is 0 Å². The number of rotatable bonds is 7. The molecule has 154 valence electrons. The van der Waals surface area contributed by atoms with Crippen molar-refractivity contribution in [3.05, 3.63) is 94.0 Å². The van der Waals surface area contributed by atoms with Crippen molar-refractivity contribution in [2.75, 3.05) is 16.2 Å². The van der Waals surface area contributed by atoms with Crippen LogP contribution in [0.1, 0.15) is 0 Å². The lowest BCUT2D eigenvalue weighted by Gasteiger charge is -2.24. The van der Waals surface area contributed by atoms with Crippen LogP contribution in [0.3, 0.4) is 0 Å². The molecule has 0 saturated heterocycles. The van der Waals surface area contributed by atoms with Crippen molar-refractivity contribution in [2.24, 2.45) is 0 Å². The molecule has 3 rings (SSSR count). The van der Waals surface area contributed by atoms with Crippen LogP contribution in [-0.2, 0) is 14.8 Å². The third-order valence-corrected chi connectivity index (χ3v) is 6.18. The molecule has 0 unspecified atom stereocenters. The number of carbonyl (C=O) groups excluding carboxylic acids is 1. The van der Waals surface area contributed by atoms with Gasteiger partial charge in [0.25, 0.3) is 15.7 Å². The molecule has 3 aromatic rings. The van der Waals surface area contributed by atoms with Gasteiger partial charge in [-0.25, -0.2) is 8.42 Å². The molecule has 0 aliphatic rings. The lowest BCUT2D eigenvalue weighted by atomic mass is 10.3. The number of anilines is 2. The molecule has 10 heteroatoms. The van der Waals surface area contributed by atoms with Crippen molar-refractivity contribution >= 4 is 44.6 Å². The van der Waals surface area contributed by atoms with E-state index < -0.39 is 33.1 Å². The zero-order chi connectivity index (χ0) is 21.7. The molecule has 0 spiro atoms. The fourth-order valence-corrected chi connectivity index (χ4v) is 4.31. The highest BCUT2D eigenvalue weighted by molar-refractivity contribution is 7.92. The Labute approximate surface area is 177 Å². The van der Waals surface area contributed by atoms with E-state index in [0.717, 1.165) is 22.5 Å². The Kier molecular flexibility index (Phi) is 6.34. The van der Waals surface area contributed by atoms with Crippen LogP contribution in [0.2, 0.25) is 5.02 Å². The molecule has 1 N–H and O–H groups in total. The van der Waals surface area contributed by atoms with Gasteiger partial charge in [-0.3, -0.25) is 19.2 Å². The Morgan fingerprint density at radius 2 is 1.60 bits per heavy atom. The maximum Gasteiger partial charge on any atom is 0.289 e. The Balaban J connectivity index is 1.99. The largest absolute Gasteiger partial charge is 0.325 e. The lowest BCUT2D eigenvalue weighted by Crippen LogP contribution is -2.38. The summed E-state index contributed by atoms with van der Waals surface area (Å²) in [4.78, 5) is 22.6. The highest BCUT2D eigenvalue weighted by Crippen LogP contribution is 2.30. The zero-order valence-corrected chi connectivity index (χ0v) is 17.0. The van der Waals surface area contributed by atoms with Crippen LogP contribution < -0.4 is 9.62 Å². The molecule has 0 radical (unpaired) electrons. The maximum atomic E-state index is 13.3. The summed E-state index contributed by atoms with van der Waals surface area (Å²) in [5.74, 6) is -0.572. The van der Waals surface area contributed by atoms with Crippen molar-refractivity contribution in [3.63, 3.8) is 0 Å². The molecular formula is C20H16ClN3O5S. The van der Waals surface area contributed by atoms with Gasteiger partial charge in [-0.15, -0.1) is 0 Å². The molecule has 0 aliphatic heterocycles. The summed E-state index contributed by atoms with van der Waals surface area (Å²) >= 11 is 5.80. The fraction of sp³-hybridized carbons (Fsp3) is 0.0500. The quantitative estimate of drug-likeness (QED) is 0.435. The number of para-hydroxylation sites is 2. The van der Waals surface area contributed by atoms with E-state index in [-0.39, 0.29) is 15.6 Å². The summed E-state index contributed by atoms with van der Waals surface area (Å²) in [7, 11) is -4.30. The molecule has 0 saturated carbocycles. The molecule has 8 nitrogen and oxygen atoms in total. The molecule has 0 atom stereocenters. The highest BCUT2D eigenvalue weighted by atomic mass is 35.5. The Morgan fingerprint density at radius 1 is 1.00 bits per heavy atom. The second-order valence-electron chi connectivity index (χ2n) is 6.13. The first-order chi connectivity index (χ1) is 14.3. The van der Waals surface area contributed by atoms with E-state index in [1.54, 1.807) is 48.5 Å². The van der Waals surface area contributed by atoms with Crippen LogP contribution in [-0.4, -0.2) is 25.8 Å². The predicted molar refractivity (Wildman–Crippen MR) is 114 cm³/mol. The van der Waals surface area contributed by atoms with E-state index in [1.807, 2.05) is 0 Å². The van der Waals surface area contributed by atoms with Gasteiger partial charge in [-0.05, 0) is 36.4 Å². The highest BCUT2D eigenvalue weighted by Gasteiger charge is 2.29. The second-order valence-corrected chi connectivity index (χ2v) is 8.40. The van der Waals surface area contributed by atoms with Crippen molar-refractivity contribution in [1.29, 1.82) is 0 Å². The molecule has 0 aromatic heterocycles. The van der Waals surface area contributed by atoms with Gasteiger partial charge in [0.1, 0.15) is 11.6 Å². The Hall–Kier alpha value is -3.43. The number of hydrogen-bond acceptors (Lipinski definition) is 5. The number of hydrogen-bond donors (Lipinski definition) is 1. The summed E-state index contributed by atoms with van der Waals surface area (Å²) in [6, 6.07) is 19.8. The van der Waals surface area contributed by atoms with Gasteiger partial charge in [-0.1, -0.05) is 48.0 Å². The van der Waals surface area contributed by atoms with Gasteiger partial charge in [0, 0.05) is 11.8 Å². The first-order valence-corrected chi connectivity index (χ1v) is 10.5. The van der Waals surface area contributed by atoms with E-state index in [4.69, 9.17) is 11.6 Å². The first kappa shape index (κ1) is 21.3. The summed E-state index contributed by atoms with van der Waals surface area (Å²) in [5.41, 5.74) is 0.202. The molecule has 0 fully saturated rings. The van der Waals surface area contributed by atoms with Crippen molar-refractivity contribution < 1.29 is 18.1 Å². The van der Waals surface area contributed by atoms with Gasteiger partial charge < -0.3 is 5.32 Å². The number of carbonyl (C=O) groups is 1. The van der Waals surface area contributed by atoms with Gasteiger partial charge >= 0.3 is 0 Å². The number of benzene rings is 3. The Bertz CT molecular complexity index is 1170. The number of sulfonamides is 1. The summed E-state index contributed by atoms with van der Waals surface area (Å²) in [5, 5.41) is 13.6. The number of halogens is 1. The van der Waals surface area contributed by atoms with Crippen molar-refractivity contribution in [3.8, 4) is 0 Å². The minimum atomic E-state index is -4.30. The molecule has 0 bridgehead atoms. The number of nitro groups is 1. The average Bonchev–Trinajstić information content (AvgIpc) is 2.73. The standard InChI is InChI=1S/C20H16ClN3O5S/c21-18-12-11-17(13-19(18)24(26)27)30(28,29)23(16-9-5-2-6-10-16)14-20(25)22-15-7-3-1-4-8-15/h1-13H,14H2,(H,22,25). The third-order valence-electron chi connectivity index (χ3n) is 4.09. The van der Waals surface area contributed by atoms with Crippen LogP contribution in [0.5, 0.6) is 0 Å². The number of nitrogens with zero attached hydrogens (tertiary/aromatic N) is 2. The van der Waals surface area contributed by atoms with Crippen molar-refractivity contribution in [2.45, 2.75) is 4.90 Å². The van der Waals surface area contributed by atoms with Crippen LogP contribution in [0.4, 0.5) is 17.1 Å². The smallest absolute Gasteiger partial charge is 0.289 e. The molecule has 0 aliphatic carbocycles. The first-order valence-electron chi connectivity index (χ1n) is 8.65. The number of amides is 1. The van der Waals surface area contributed by atoms with Crippen LogP contribution in [0.15, 0.2) is 83.8 Å². The van der Waals surface area contributed by atoms with Crippen LogP contribution in [0, 0.1) is 10.1 Å². The SMILES string of the molecule is O=C(CN(c1ccccc1)S(=O)(=O)c1ccc(Cl)c([N+](=O)[O-])c1)Nc1ccccc1. The zero-order valence-electron chi connectivity index (χ0n) is 15.4. The van der Waals surface area contributed by atoms with Gasteiger partial charge in [0.15, 0.2) is 0 Å². The van der Waals surface area contributed by atoms with E-state index >= 15 is 0 Å². The second kappa shape index (κ2) is 8.93. The maximum absolute atomic E-state index is 13.3. The number of nitrogens with one attached hydrogen (secondary N) is 1. The topological polar surface area (TPSA) is 110 Å². The fourth-order valence-electron chi connectivity index (χ4n) is 2.68. The molecule has 3 aromatic carbocycles. The van der Waals surface area contributed by atoms with E-state index in [2.05, 4.69) is 5.32 Å². The summed E-state index contributed by atoms with van der Waals surface area (Å²) in [6.07, 6.45) is 0. The molecular weight excluding hydrogens is 430 g/mol. The van der Waals surface area contributed by atoms with Gasteiger partial charge in [0.05, 0.1) is 15.5 Å². The minimum absolute atomic E-state index is 0.188. The average molecular weight is 446 g/mol. The minimum Gasteiger partial charge on any atom is -0.325 e. The van der Waals surface area contributed by atoms with Crippen LogP contribution in [0.25, 0.3) is 0 Å². The Morgan fingerprint density at radius 3 is 2.20 bits per heavy atom.